The third-order valence-corrected chi connectivity index (χ3v) is 4.66. The number of hydrogen-bond acceptors (Lipinski definition) is 2. The SMILES string of the molecule is C=c1[nH]n(-c2ccc(Br)cc2)c(=O)c1=Cc1cc(Cl)cc(Cl)c1OC. The normalized spacial score (nSPS) is 11.8. The van der Waals surface area contributed by atoms with Crippen molar-refractivity contribution >= 4 is 51.8 Å². The molecule has 0 saturated heterocycles. The number of nitrogens with zero attached hydrogens (tertiary/aromatic N) is 1. The second-order valence-corrected chi connectivity index (χ2v) is 7.03. The quantitative estimate of drug-likeness (QED) is 0.679. The first-order valence-electron chi connectivity index (χ1n) is 7.21. The van der Waals surface area contributed by atoms with Gasteiger partial charge in [-0.2, -0.15) is 0 Å². The van der Waals surface area contributed by atoms with Gasteiger partial charge in [-0.15, -0.1) is 0 Å². The van der Waals surface area contributed by atoms with E-state index in [9.17, 15) is 4.79 Å². The van der Waals surface area contributed by atoms with Gasteiger partial charge >= 0.3 is 0 Å². The van der Waals surface area contributed by atoms with Crippen molar-refractivity contribution in [1.82, 2.24) is 9.78 Å². The molecule has 0 aliphatic carbocycles. The average molecular weight is 440 g/mol. The fourth-order valence-corrected chi connectivity index (χ4v) is 3.33. The molecule has 0 fully saturated rings. The van der Waals surface area contributed by atoms with Gasteiger partial charge in [0.05, 0.1) is 28.4 Å². The van der Waals surface area contributed by atoms with Crippen LogP contribution in [0.3, 0.4) is 0 Å². The molecule has 1 aromatic heterocycles. The largest absolute Gasteiger partial charge is 0.495 e. The Hall–Kier alpha value is -1.95. The van der Waals surface area contributed by atoms with Crippen LogP contribution in [-0.2, 0) is 0 Å². The molecule has 3 aromatic rings. The van der Waals surface area contributed by atoms with E-state index in [1.165, 1.54) is 11.8 Å². The molecule has 0 amide bonds. The molecule has 0 spiro atoms. The van der Waals surface area contributed by atoms with Gasteiger partial charge in [-0.25, -0.2) is 4.68 Å². The van der Waals surface area contributed by atoms with Crippen molar-refractivity contribution in [3.63, 3.8) is 0 Å². The van der Waals surface area contributed by atoms with Gasteiger partial charge in [0.15, 0.2) is 0 Å². The maximum atomic E-state index is 12.8. The van der Waals surface area contributed by atoms with Crippen LogP contribution in [0.25, 0.3) is 18.3 Å². The van der Waals surface area contributed by atoms with Gasteiger partial charge in [-0.05, 0) is 42.5 Å². The van der Waals surface area contributed by atoms with Crippen molar-refractivity contribution in [3.8, 4) is 11.4 Å². The van der Waals surface area contributed by atoms with Crippen molar-refractivity contribution in [3.05, 3.63) is 77.4 Å². The molecule has 0 aliphatic rings. The lowest BCUT2D eigenvalue weighted by Gasteiger charge is -2.07. The number of hydrogen-bond donors (Lipinski definition) is 1. The van der Waals surface area contributed by atoms with E-state index in [4.69, 9.17) is 27.9 Å². The molecule has 1 heterocycles. The molecule has 128 valence electrons. The predicted molar refractivity (Wildman–Crippen MR) is 105 cm³/mol. The molecule has 0 aliphatic heterocycles. The molecule has 1 N–H and O–H groups in total. The van der Waals surface area contributed by atoms with Crippen molar-refractivity contribution in [2.75, 3.05) is 7.11 Å². The molecule has 0 saturated carbocycles. The zero-order valence-corrected chi connectivity index (χ0v) is 16.2. The first-order chi connectivity index (χ1) is 11.9. The number of nitrogens with one attached hydrogen (secondary N) is 1. The number of ether oxygens (including phenoxy) is 1. The molecule has 0 atom stereocenters. The van der Waals surface area contributed by atoms with Crippen LogP contribution in [0.15, 0.2) is 45.7 Å². The molecule has 25 heavy (non-hydrogen) atoms. The van der Waals surface area contributed by atoms with E-state index >= 15 is 0 Å². The highest BCUT2D eigenvalue weighted by Crippen LogP contribution is 2.32. The van der Waals surface area contributed by atoms with Crippen LogP contribution in [0.1, 0.15) is 5.56 Å². The molecule has 3 rings (SSSR count). The van der Waals surface area contributed by atoms with Gasteiger partial charge < -0.3 is 4.74 Å². The van der Waals surface area contributed by atoms with E-state index < -0.39 is 0 Å². The topological polar surface area (TPSA) is 47.0 Å². The summed E-state index contributed by atoms with van der Waals surface area (Å²) in [5.41, 5.74) is 1.07. The van der Waals surface area contributed by atoms with Crippen LogP contribution >= 0.6 is 39.1 Å². The predicted octanol–water partition coefficient (Wildman–Crippen LogP) is 3.48. The lowest BCUT2D eigenvalue weighted by atomic mass is 10.1. The number of methoxy groups -OCH3 is 1. The maximum absolute atomic E-state index is 12.8. The van der Waals surface area contributed by atoms with Crippen LogP contribution in [-0.4, -0.2) is 16.9 Å². The Balaban J connectivity index is 2.23. The van der Waals surface area contributed by atoms with Crippen LogP contribution in [0.2, 0.25) is 10.0 Å². The number of halogens is 3. The van der Waals surface area contributed by atoms with Crippen LogP contribution in [0.5, 0.6) is 5.75 Å². The summed E-state index contributed by atoms with van der Waals surface area (Å²) in [5.74, 6) is 0.446. The standard InChI is InChI=1S/C18H13BrCl2N2O2/c1-10-15(8-11-7-13(20)9-16(21)17(11)25-2)18(24)23(22-10)14-5-3-12(19)4-6-14/h3-9,22H,1H2,2H3. The minimum Gasteiger partial charge on any atom is -0.495 e. The summed E-state index contributed by atoms with van der Waals surface area (Å²) in [4.78, 5) is 12.8. The fraction of sp³-hybridized carbons (Fsp3) is 0.0556. The Morgan fingerprint density at radius 1 is 1.24 bits per heavy atom. The molecule has 4 nitrogen and oxygen atoms in total. The first kappa shape index (κ1) is 17.9. The van der Waals surface area contributed by atoms with Gasteiger partial charge in [0.2, 0.25) is 0 Å². The maximum Gasteiger partial charge on any atom is 0.279 e. The van der Waals surface area contributed by atoms with Crippen LogP contribution < -0.4 is 20.9 Å². The lowest BCUT2D eigenvalue weighted by molar-refractivity contribution is 0.414. The molecule has 0 radical (unpaired) electrons. The van der Waals surface area contributed by atoms with Crippen LogP contribution in [0.4, 0.5) is 0 Å². The van der Waals surface area contributed by atoms with E-state index in [2.05, 4.69) is 27.6 Å². The number of aromatic nitrogens is 2. The summed E-state index contributed by atoms with van der Waals surface area (Å²) in [6.45, 7) is 3.92. The number of aromatic amines is 1. The zero-order valence-electron chi connectivity index (χ0n) is 13.1. The molecular weight excluding hydrogens is 427 g/mol. The van der Waals surface area contributed by atoms with Crippen molar-refractivity contribution in [2.45, 2.75) is 0 Å². The molecule has 0 bridgehead atoms. The van der Waals surface area contributed by atoms with Gasteiger partial charge in [0.25, 0.3) is 5.56 Å². The number of H-pyrrole nitrogens is 1. The molecule has 7 heteroatoms. The van der Waals surface area contributed by atoms with Crippen LogP contribution in [0, 0.1) is 0 Å². The summed E-state index contributed by atoms with van der Waals surface area (Å²) in [7, 11) is 1.51. The molecule has 0 unspecified atom stereocenters. The highest BCUT2D eigenvalue weighted by atomic mass is 79.9. The zero-order chi connectivity index (χ0) is 18.1. The summed E-state index contributed by atoms with van der Waals surface area (Å²) in [5, 5.41) is 4.68. The Labute approximate surface area is 162 Å². The number of benzene rings is 2. The van der Waals surface area contributed by atoms with E-state index in [1.54, 1.807) is 18.2 Å². The molecule has 2 aromatic carbocycles. The third-order valence-electron chi connectivity index (χ3n) is 3.63. The summed E-state index contributed by atoms with van der Waals surface area (Å²) >= 11 is 15.6. The fourth-order valence-electron chi connectivity index (χ4n) is 2.47. The summed E-state index contributed by atoms with van der Waals surface area (Å²) in [6.07, 6.45) is 1.66. The highest BCUT2D eigenvalue weighted by molar-refractivity contribution is 9.10. The van der Waals surface area contributed by atoms with E-state index in [0.29, 0.717) is 37.6 Å². The van der Waals surface area contributed by atoms with Gasteiger partial charge in [0, 0.05) is 15.1 Å². The second-order valence-electron chi connectivity index (χ2n) is 5.28. The van der Waals surface area contributed by atoms with E-state index in [-0.39, 0.29) is 5.56 Å². The van der Waals surface area contributed by atoms with Gasteiger partial charge in [-0.3, -0.25) is 9.89 Å². The summed E-state index contributed by atoms with van der Waals surface area (Å²) in [6, 6.07) is 10.6. The highest BCUT2D eigenvalue weighted by Gasteiger charge is 2.10. The van der Waals surface area contributed by atoms with Gasteiger partial charge in [0.1, 0.15) is 5.75 Å². The minimum atomic E-state index is -0.231. The van der Waals surface area contributed by atoms with E-state index in [1.807, 2.05) is 24.3 Å². The van der Waals surface area contributed by atoms with Crippen molar-refractivity contribution in [2.24, 2.45) is 0 Å². The monoisotopic (exact) mass is 438 g/mol. The Kier molecular flexibility index (Phi) is 5.08. The minimum absolute atomic E-state index is 0.231. The first-order valence-corrected chi connectivity index (χ1v) is 8.76. The smallest absolute Gasteiger partial charge is 0.279 e. The Morgan fingerprint density at radius 2 is 1.92 bits per heavy atom. The Bertz CT molecular complexity index is 1100. The second kappa shape index (κ2) is 7.12. The lowest BCUT2D eigenvalue weighted by Crippen LogP contribution is -2.34. The number of rotatable bonds is 3. The Morgan fingerprint density at radius 3 is 2.56 bits per heavy atom. The summed E-state index contributed by atoms with van der Waals surface area (Å²) < 4.78 is 7.68. The third kappa shape index (κ3) is 3.54. The van der Waals surface area contributed by atoms with Crippen molar-refractivity contribution < 1.29 is 4.74 Å². The average Bonchev–Trinajstić information content (AvgIpc) is 2.83. The van der Waals surface area contributed by atoms with E-state index in [0.717, 1.165) is 4.47 Å². The molecular formula is C18H13BrCl2N2O2. The van der Waals surface area contributed by atoms with Crippen molar-refractivity contribution in [1.29, 1.82) is 0 Å². The van der Waals surface area contributed by atoms with Gasteiger partial charge in [-0.1, -0.05) is 45.7 Å².